The highest BCUT2D eigenvalue weighted by molar-refractivity contribution is 5.80. The minimum absolute atomic E-state index is 0.324. The van der Waals surface area contributed by atoms with E-state index in [1.165, 1.54) is 6.33 Å². The van der Waals surface area contributed by atoms with Crippen molar-refractivity contribution in [2.24, 2.45) is 5.41 Å². The minimum Gasteiger partial charge on any atom is -0.384 e. The van der Waals surface area contributed by atoms with E-state index in [4.69, 9.17) is 15.2 Å². The molecular formula is C32H35N7O3. The van der Waals surface area contributed by atoms with Crippen LogP contribution in [0.4, 0.5) is 17.5 Å². The van der Waals surface area contributed by atoms with Crippen molar-refractivity contribution in [2.45, 2.75) is 63.6 Å². The molecule has 4 heterocycles. The predicted octanol–water partition coefficient (Wildman–Crippen LogP) is 4.77. The highest BCUT2D eigenvalue weighted by atomic mass is 16.8. The van der Waals surface area contributed by atoms with Gasteiger partial charge in [0.2, 0.25) is 5.95 Å². The molecule has 1 aliphatic heterocycles. The zero-order chi connectivity index (χ0) is 29.3. The number of aryl methyl sites for hydroxylation is 1. The monoisotopic (exact) mass is 565 g/mol. The summed E-state index contributed by atoms with van der Waals surface area (Å²) in [6.45, 7) is 5.98. The number of pyridine rings is 1. The molecule has 10 heteroatoms. The van der Waals surface area contributed by atoms with E-state index in [0.717, 1.165) is 35.0 Å². The highest BCUT2D eigenvalue weighted by Gasteiger charge is 2.66. The van der Waals surface area contributed by atoms with Crippen molar-refractivity contribution in [1.29, 1.82) is 0 Å². The summed E-state index contributed by atoms with van der Waals surface area (Å²) in [5.74, 6) is 0.253. The number of hydrogen-bond acceptors (Lipinski definition) is 9. The number of hydrogen-bond donors (Lipinski definition) is 2. The van der Waals surface area contributed by atoms with Gasteiger partial charge in [-0.1, -0.05) is 37.3 Å². The van der Waals surface area contributed by atoms with Gasteiger partial charge in [0.15, 0.2) is 11.4 Å². The lowest BCUT2D eigenvalue weighted by Gasteiger charge is -2.33. The molecule has 4 atom stereocenters. The van der Waals surface area contributed by atoms with Gasteiger partial charge in [-0.15, -0.1) is 0 Å². The van der Waals surface area contributed by atoms with Crippen molar-refractivity contribution < 1.29 is 14.6 Å². The number of aromatic nitrogens is 5. The molecule has 42 heavy (non-hydrogen) atoms. The van der Waals surface area contributed by atoms with Crippen LogP contribution in [0.1, 0.15) is 44.7 Å². The van der Waals surface area contributed by atoms with Gasteiger partial charge in [0.1, 0.15) is 23.9 Å². The molecule has 2 aromatic carbocycles. The Bertz CT molecular complexity index is 1790. The average molecular weight is 566 g/mol. The van der Waals surface area contributed by atoms with Crippen molar-refractivity contribution in [3.05, 3.63) is 84.3 Å². The van der Waals surface area contributed by atoms with Gasteiger partial charge in [0.05, 0.1) is 23.4 Å². The second kappa shape index (κ2) is 9.45. The molecule has 1 saturated carbocycles. The van der Waals surface area contributed by atoms with Crippen LogP contribution in [-0.2, 0) is 21.5 Å². The summed E-state index contributed by atoms with van der Waals surface area (Å²) >= 11 is 0. The summed E-state index contributed by atoms with van der Waals surface area (Å²) in [7, 11) is 1.93. The molecule has 2 aliphatic rings. The summed E-state index contributed by atoms with van der Waals surface area (Å²) in [5, 5.41) is 18.3. The molecule has 2 fully saturated rings. The van der Waals surface area contributed by atoms with Crippen LogP contribution < -0.4 is 10.6 Å². The number of nitrogens with zero attached hydrogens (tertiary/aromatic N) is 6. The number of nitrogen functional groups attached to an aromatic ring is 1. The number of rotatable bonds is 6. The van der Waals surface area contributed by atoms with Gasteiger partial charge >= 0.3 is 0 Å². The lowest BCUT2D eigenvalue weighted by Crippen LogP contribution is -2.39. The fourth-order valence-corrected chi connectivity index (χ4v) is 6.78. The second-order valence-corrected chi connectivity index (χ2v) is 12.4. The lowest BCUT2D eigenvalue weighted by atomic mass is 9.78. The van der Waals surface area contributed by atoms with Crippen LogP contribution in [-0.4, -0.2) is 54.7 Å². The van der Waals surface area contributed by atoms with Crippen LogP contribution in [0.15, 0.2) is 73.2 Å². The maximum atomic E-state index is 12.5. The van der Waals surface area contributed by atoms with E-state index >= 15 is 0 Å². The first-order chi connectivity index (χ1) is 20.1. The van der Waals surface area contributed by atoms with E-state index < -0.39 is 22.9 Å². The molecule has 1 saturated heterocycles. The molecule has 1 aliphatic carbocycles. The fraction of sp³-hybridized carbons (Fsp3) is 0.375. The number of fused-ring (bicyclic) bond motifs is 3. The molecule has 0 bridgehead atoms. The SMILES string of the molecule is CN(c1ccccc1)c1ncnc2c([C@]3(O)C[C@](C)(CCc4ccc5ccc(N)nc5c4)[C@H]4OC(C)(C)O[C@H]43)cnn12. The Labute approximate surface area is 244 Å². The van der Waals surface area contributed by atoms with Crippen LogP contribution in [0.2, 0.25) is 0 Å². The maximum absolute atomic E-state index is 12.5. The number of aliphatic hydroxyl groups is 1. The van der Waals surface area contributed by atoms with Gasteiger partial charge in [-0.3, -0.25) is 0 Å². The number of ether oxygens (including phenoxy) is 2. The zero-order valence-electron chi connectivity index (χ0n) is 24.2. The summed E-state index contributed by atoms with van der Waals surface area (Å²) < 4.78 is 14.6. The molecule has 10 nitrogen and oxygen atoms in total. The molecule has 0 unspecified atom stereocenters. The van der Waals surface area contributed by atoms with Crippen molar-refractivity contribution >= 4 is 34.0 Å². The van der Waals surface area contributed by atoms with E-state index in [2.05, 4.69) is 45.2 Å². The first kappa shape index (κ1) is 26.8. The molecular weight excluding hydrogens is 530 g/mol. The van der Waals surface area contributed by atoms with E-state index in [1.807, 2.05) is 68.3 Å². The highest BCUT2D eigenvalue weighted by Crippen LogP contribution is 2.59. The molecule has 0 radical (unpaired) electrons. The van der Waals surface area contributed by atoms with Crippen molar-refractivity contribution in [2.75, 3.05) is 17.7 Å². The summed E-state index contributed by atoms with van der Waals surface area (Å²) in [6, 6.07) is 20.0. The largest absolute Gasteiger partial charge is 0.384 e. The zero-order valence-corrected chi connectivity index (χ0v) is 24.2. The van der Waals surface area contributed by atoms with Crippen molar-refractivity contribution in [3.8, 4) is 0 Å². The van der Waals surface area contributed by atoms with Crippen molar-refractivity contribution in [1.82, 2.24) is 24.6 Å². The normalized spacial score (nSPS) is 26.6. The van der Waals surface area contributed by atoms with E-state index in [-0.39, 0.29) is 6.10 Å². The van der Waals surface area contributed by atoms with Gasteiger partial charge in [-0.2, -0.15) is 9.61 Å². The number of benzene rings is 2. The molecule has 0 spiro atoms. The summed E-state index contributed by atoms with van der Waals surface area (Å²) in [6.07, 6.45) is 4.29. The third-order valence-corrected chi connectivity index (χ3v) is 8.89. The smallest absolute Gasteiger partial charge is 0.234 e. The Morgan fingerprint density at radius 2 is 1.79 bits per heavy atom. The molecule has 216 valence electrons. The van der Waals surface area contributed by atoms with Gasteiger partial charge < -0.3 is 25.2 Å². The maximum Gasteiger partial charge on any atom is 0.234 e. The Morgan fingerprint density at radius 3 is 2.60 bits per heavy atom. The van der Waals surface area contributed by atoms with Crippen molar-refractivity contribution in [3.63, 3.8) is 0 Å². The molecule has 3 N–H and O–H groups in total. The molecule has 3 aromatic heterocycles. The van der Waals surface area contributed by atoms with Gasteiger partial charge in [0.25, 0.3) is 0 Å². The third kappa shape index (κ3) is 4.29. The van der Waals surface area contributed by atoms with Crippen LogP contribution in [0.5, 0.6) is 0 Å². The quantitative estimate of drug-likeness (QED) is 0.299. The molecule has 5 aromatic rings. The van der Waals surface area contributed by atoms with Gasteiger partial charge in [-0.25, -0.2) is 15.0 Å². The standard InChI is InChI=1S/C32H35N7O3/c1-30(2)41-26-27(42-30)32(40,18-31(26,3)15-14-20-10-11-21-12-13-25(33)37-24(21)16-20)23-17-36-39-28(23)34-19-35-29(39)38(4)22-8-6-5-7-9-22/h5-13,16-17,19,26-27,40H,14-15,18H2,1-4H3,(H2,33,37)/t26-,27+,31-,32+/m0/s1. The summed E-state index contributed by atoms with van der Waals surface area (Å²) in [5.41, 5.74) is 8.32. The van der Waals surface area contributed by atoms with Crippen LogP contribution in [0.3, 0.4) is 0 Å². The Balaban J connectivity index is 1.23. The Hall–Kier alpha value is -4.12. The summed E-state index contributed by atoms with van der Waals surface area (Å²) in [4.78, 5) is 15.5. The number of anilines is 3. The van der Waals surface area contributed by atoms with E-state index in [0.29, 0.717) is 29.4 Å². The Morgan fingerprint density at radius 1 is 1.02 bits per heavy atom. The molecule has 7 rings (SSSR count). The number of para-hydroxylation sites is 1. The van der Waals surface area contributed by atoms with Gasteiger partial charge in [0, 0.05) is 23.5 Å². The van der Waals surface area contributed by atoms with E-state index in [1.54, 1.807) is 10.7 Å². The average Bonchev–Trinajstić information content (AvgIpc) is 3.62. The Kier molecular flexibility index (Phi) is 6.02. The van der Waals surface area contributed by atoms with E-state index in [9.17, 15) is 5.11 Å². The number of nitrogens with two attached hydrogens (primary N) is 1. The topological polar surface area (TPSA) is 124 Å². The van der Waals surface area contributed by atoms with Crippen LogP contribution in [0.25, 0.3) is 16.6 Å². The van der Waals surface area contributed by atoms with Gasteiger partial charge in [-0.05, 0) is 69.0 Å². The first-order valence-corrected chi connectivity index (χ1v) is 14.3. The minimum atomic E-state index is -1.37. The predicted molar refractivity (Wildman–Crippen MR) is 160 cm³/mol. The molecule has 0 amide bonds. The fourth-order valence-electron chi connectivity index (χ4n) is 6.78. The lowest BCUT2D eigenvalue weighted by molar-refractivity contribution is -0.191. The second-order valence-electron chi connectivity index (χ2n) is 12.4. The van der Waals surface area contributed by atoms with Crippen LogP contribution >= 0.6 is 0 Å². The van der Waals surface area contributed by atoms with Crippen LogP contribution in [0, 0.1) is 5.41 Å². The first-order valence-electron chi connectivity index (χ1n) is 14.3. The third-order valence-electron chi connectivity index (χ3n) is 8.89.